The lowest BCUT2D eigenvalue weighted by molar-refractivity contribution is -0.437. The highest BCUT2D eigenvalue weighted by atomic mass is 32.2. The molecule has 142 valence electrons. The number of ether oxygens (including phenoxy) is 1. The topological polar surface area (TPSA) is 187 Å². The number of anilines is 1. The average Bonchev–Trinajstić information content (AvgIpc) is 3.15. The quantitative estimate of drug-likeness (QED) is 0.349. The van der Waals surface area contributed by atoms with Gasteiger partial charge in [0.1, 0.15) is 30.1 Å². The van der Waals surface area contributed by atoms with Crippen molar-refractivity contribution < 1.29 is 30.6 Å². The first-order valence-electron chi connectivity index (χ1n) is 7.96. The Morgan fingerprint density at radius 2 is 2.19 bits per heavy atom. The fourth-order valence-electron chi connectivity index (χ4n) is 2.70. The van der Waals surface area contributed by atoms with E-state index in [1.807, 2.05) is 0 Å². The number of aliphatic hydroxyl groups is 2. The zero-order chi connectivity index (χ0) is 18.8. The number of fused-ring (bicyclic) bond motifs is 1. The molecule has 11 nitrogen and oxygen atoms in total. The molecule has 0 aliphatic carbocycles. The molecular weight excluding hydrogens is 364 g/mol. The first-order valence-corrected chi connectivity index (χ1v) is 9.12. The lowest BCUT2D eigenvalue weighted by Crippen LogP contribution is -2.68. The maximum atomic E-state index is 10.6. The highest BCUT2D eigenvalue weighted by Crippen LogP contribution is 2.33. The molecule has 26 heavy (non-hydrogen) atoms. The molecule has 1 aliphatic heterocycles. The van der Waals surface area contributed by atoms with Gasteiger partial charge in [0.2, 0.25) is 0 Å². The Hall–Kier alpha value is -1.99. The van der Waals surface area contributed by atoms with Gasteiger partial charge in [0.05, 0.1) is 18.4 Å². The van der Waals surface area contributed by atoms with Crippen molar-refractivity contribution in [3.05, 3.63) is 12.7 Å². The predicted molar refractivity (Wildman–Crippen MR) is 89.3 cm³/mol. The Kier molecular flexibility index (Phi) is 5.58. The number of rotatable bonds is 7. The Morgan fingerprint density at radius 1 is 1.42 bits per heavy atom. The third-order valence-electron chi connectivity index (χ3n) is 4.22. The number of thioether (sulfide) groups is 1. The zero-order valence-electron chi connectivity index (χ0n) is 13.8. The van der Waals surface area contributed by atoms with Crippen LogP contribution in [-0.4, -0.2) is 71.6 Å². The Balaban J connectivity index is 1.64. The second-order valence-corrected chi connectivity index (χ2v) is 7.16. The van der Waals surface area contributed by atoms with E-state index < -0.39 is 36.6 Å². The molecule has 0 bridgehead atoms. The number of aromatic nitrogens is 4. The molecule has 1 saturated heterocycles. The number of carbonyl (C=O) groups excluding carboxylic acids is 1. The molecule has 7 N–H and O–H groups in total. The minimum Gasteiger partial charge on any atom is -0.544 e. The van der Waals surface area contributed by atoms with Crippen molar-refractivity contribution >= 4 is 34.7 Å². The van der Waals surface area contributed by atoms with Crippen LogP contribution in [0.5, 0.6) is 0 Å². The average molecular weight is 384 g/mol. The predicted octanol–water partition coefficient (Wildman–Crippen LogP) is -3.49. The van der Waals surface area contributed by atoms with Gasteiger partial charge in [0.25, 0.3) is 0 Å². The monoisotopic (exact) mass is 384 g/mol. The normalized spacial score (nSPS) is 27.0. The van der Waals surface area contributed by atoms with E-state index in [1.165, 1.54) is 29.0 Å². The van der Waals surface area contributed by atoms with E-state index in [4.69, 9.17) is 10.5 Å². The summed E-state index contributed by atoms with van der Waals surface area (Å²) in [6, 6.07) is -0.780. The standard InChI is InChI=1S/C14H20N6O5S/c15-6(14(23)24)1-2-26-3-7-9(21)10(22)13(25-7)20-5-19-8-11(16)17-4-18-12(8)20/h4-7,9-10,13,21-22H,1-3,15H2,(H,23,24)(H2,16,17,18)/t6-,7-,9-,10-,13-/m0/s1. The number of nitrogen functional groups attached to an aromatic ring is 1. The number of imidazole rings is 1. The summed E-state index contributed by atoms with van der Waals surface area (Å²) in [6.45, 7) is 0. The number of hydrogen-bond donors (Lipinski definition) is 4. The highest BCUT2D eigenvalue weighted by molar-refractivity contribution is 7.99. The molecular formula is C14H20N6O5S. The van der Waals surface area contributed by atoms with Crippen LogP contribution >= 0.6 is 11.8 Å². The summed E-state index contributed by atoms with van der Waals surface area (Å²) < 4.78 is 7.30. The molecule has 1 aliphatic rings. The third-order valence-corrected chi connectivity index (χ3v) is 5.31. The largest absolute Gasteiger partial charge is 0.544 e. The van der Waals surface area contributed by atoms with Gasteiger partial charge in [-0.15, -0.1) is 0 Å². The summed E-state index contributed by atoms with van der Waals surface area (Å²) in [6.07, 6.45) is -0.684. The maximum absolute atomic E-state index is 10.6. The second kappa shape index (κ2) is 7.72. The van der Waals surface area contributed by atoms with Crippen LogP contribution in [0.2, 0.25) is 0 Å². The number of nitrogens with zero attached hydrogens (tertiary/aromatic N) is 4. The van der Waals surface area contributed by atoms with Crippen LogP contribution in [0.25, 0.3) is 11.2 Å². The number of carboxylic acid groups (broad SMARTS) is 1. The number of aliphatic hydroxyl groups excluding tert-OH is 2. The van der Waals surface area contributed by atoms with Crippen LogP contribution in [0.4, 0.5) is 5.82 Å². The summed E-state index contributed by atoms with van der Waals surface area (Å²) >= 11 is 1.41. The maximum Gasteiger partial charge on any atom is 0.167 e. The fourth-order valence-corrected chi connectivity index (χ4v) is 3.82. The summed E-state index contributed by atoms with van der Waals surface area (Å²) in [4.78, 5) is 22.7. The minimum absolute atomic E-state index is 0.213. The summed E-state index contributed by atoms with van der Waals surface area (Å²) in [5, 5.41) is 31.2. The SMILES string of the molecule is Nc1ncnc2c1ncn2[C@H]1O[C@@H](CSCC[C@H]([NH3+])C(=O)[O-])[C@H](O)[C@@H]1O. The molecule has 0 spiro atoms. The summed E-state index contributed by atoms with van der Waals surface area (Å²) in [5.41, 5.74) is 10.0. The van der Waals surface area contributed by atoms with Gasteiger partial charge in [-0.2, -0.15) is 11.8 Å². The van der Waals surface area contributed by atoms with Crippen molar-refractivity contribution in [2.75, 3.05) is 17.2 Å². The zero-order valence-corrected chi connectivity index (χ0v) is 14.6. The van der Waals surface area contributed by atoms with E-state index in [0.29, 0.717) is 29.1 Å². The molecule has 2 aromatic heterocycles. The molecule has 12 heteroatoms. The van der Waals surface area contributed by atoms with Gasteiger partial charge in [0, 0.05) is 12.2 Å². The number of aliphatic carboxylic acids is 1. The lowest BCUT2D eigenvalue weighted by atomic mass is 10.1. The fraction of sp³-hybridized carbons (Fsp3) is 0.571. The van der Waals surface area contributed by atoms with E-state index in [-0.39, 0.29) is 5.82 Å². The number of carboxylic acids is 1. The molecule has 5 atom stereocenters. The van der Waals surface area contributed by atoms with Crippen molar-refractivity contribution in [3.63, 3.8) is 0 Å². The van der Waals surface area contributed by atoms with Crippen LogP contribution in [0.15, 0.2) is 12.7 Å². The first kappa shape index (κ1) is 18.8. The highest BCUT2D eigenvalue weighted by Gasteiger charge is 2.44. The van der Waals surface area contributed by atoms with Crippen molar-refractivity contribution in [2.45, 2.75) is 37.0 Å². The second-order valence-electron chi connectivity index (χ2n) is 6.01. The number of hydrogen-bond acceptors (Lipinski definition) is 10. The van der Waals surface area contributed by atoms with Crippen molar-refractivity contribution in [3.8, 4) is 0 Å². The molecule has 1 fully saturated rings. The Bertz CT molecular complexity index is 788. The van der Waals surface area contributed by atoms with Gasteiger partial charge < -0.3 is 36.3 Å². The van der Waals surface area contributed by atoms with Crippen molar-refractivity contribution in [1.82, 2.24) is 19.5 Å². The van der Waals surface area contributed by atoms with Gasteiger partial charge in [0.15, 0.2) is 17.7 Å². The van der Waals surface area contributed by atoms with Gasteiger partial charge in [-0.3, -0.25) is 4.57 Å². The van der Waals surface area contributed by atoms with Crippen LogP contribution < -0.4 is 16.6 Å². The lowest BCUT2D eigenvalue weighted by Gasteiger charge is -2.16. The van der Waals surface area contributed by atoms with Crippen LogP contribution in [0.1, 0.15) is 12.6 Å². The van der Waals surface area contributed by atoms with Gasteiger partial charge in [-0.05, 0) is 5.75 Å². The number of nitrogens with two attached hydrogens (primary N) is 1. The third kappa shape index (κ3) is 3.59. The minimum atomic E-state index is -1.19. The van der Waals surface area contributed by atoms with E-state index in [0.717, 1.165) is 0 Å². The van der Waals surface area contributed by atoms with E-state index in [9.17, 15) is 20.1 Å². The number of carbonyl (C=O) groups is 1. The molecule has 0 amide bonds. The van der Waals surface area contributed by atoms with E-state index in [1.54, 1.807) is 0 Å². The van der Waals surface area contributed by atoms with Crippen LogP contribution in [0, 0.1) is 0 Å². The molecule has 3 heterocycles. The molecule has 0 unspecified atom stereocenters. The van der Waals surface area contributed by atoms with E-state index in [2.05, 4.69) is 20.7 Å². The smallest absolute Gasteiger partial charge is 0.167 e. The van der Waals surface area contributed by atoms with Gasteiger partial charge in [-0.1, -0.05) is 0 Å². The summed E-state index contributed by atoms with van der Waals surface area (Å²) in [7, 11) is 0. The van der Waals surface area contributed by atoms with Crippen molar-refractivity contribution in [2.24, 2.45) is 0 Å². The van der Waals surface area contributed by atoms with Crippen molar-refractivity contribution in [1.29, 1.82) is 0 Å². The summed E-state index contributed by atoms with van der Waals surface area (Å²) in [5.74, 6) is -0.0677. The van der Waals surface area contributed by atoms with Crippen LogP contribution in [0.3, 0.4) is 0 Å². The first-order chi connectivity index (χ1) is 12.4. The van der Waals surface area contributed by atoms with E-state index >= 15 is 0 Å². The molecule has 0 aromatic carbocycles. The van der Waals surface area contributed by atoms with Gasteiger partial charge >= 0.3 is 0 Å². The molecule has 0 radical (unpaired) electrons. The molecule has 2 aromatic rings. The molecule has 3 rings (SSSR count). The van der Waals surface area contributed by atoms with Gasteiger partial charge in [-0.25, -0.2) is 15.0 Å². The number of quaternary nitrogens is 1. The van der Waals surface area contributed by atoms with Crippen LogP contribution in [-0.2, 0) is 9.53 Å². The molecule has 0 saturated carbocycles. The Morgan fingerprint density at radius 3 is 2.92 bits per heavy atom. The Labute approximate surface area is 152 Å².